The van der Waals surface area contributed by atoms with Crippen LogP contribution in [0.15, 0.2) is 47.8 Å². The third kappa shape index (κ3) is 7.50. The van der Waals surface area contributed by atoms with Gasteiger partial charge in [-0.25, -0.2) is 9.78 Å². The van der Waals surface area contributed by atoms with Crippen molar-refractivity contribution in [2.45, 2.75) is 44.4 Å². The van der Waals surface area contributed by atoms with Crippen molar-refractivity contribution in [2.24, 2.45) is 0 Å². The lowest BCUT2D eigenvalue weighted by molar-refractivity contribution is 0.0911. The largest absolute Gasteiger partial charge is 0.497 e. The summed E-state index contributed by atoms with van der Waals surface area (Å²) in [6.07, 6.45) is 3.46. The molecular formula is C26H29ClN4O5S. The highest BCUT2D eigenvalue weighted by Gasteiger charge is 2.29. The fourth-order valence-electron chi connectivity index (χ4n) is 4.09. The van der Waals surface area contributed by atoms with Crippen LogP contribution in [0.5, 0.6) is 17.2 Å². The Kier molecular flexibility index (Phi) is 9.08. The van der Waals surface area contributed by atoms with Crippen LogP contribution < -0.4 is 30.2 Å². The molecule has 1 aliphatic carbocycles. The van der Waals surface area contributed by atoms with Gasteiger partial charge in [-0.15, -0.1) is 11.3 Å². The number of ether oxygens (including phenoxy) is 3. The first-order valence-corrected chi connectivity index (χ1v) is 13.1. The van der Waals surface area contributed by atoms with Crippen molar-refractivity contribution < 1.29 is 23.8 Å². The summed E-state index contributed by atoms with van der Waals surface area (Å²) in [5.41, 5.74) is 0.873. The molecule has 4 rings (SSSR count). The molecule has 1 fully saturated rings. The summed E-state index contributed by atoms with van der Waals surface area (Å²) in [5.74, 6) is 1.54. The summed E-state index contributed by atoms with van der Waals surface area (Å²) in [4.78, 5) is 30.1. The number of urea groups is 1. The smallest absolute Gasteiger partial charge is 0.319 e. The van der Waals surface area contributed by atoms with Gasteiger partial charge in [-0.1, -0.05) is 24.4 Å². The van der Waals surface area contributed by atoms with Crippen molar-refractivity contribution in [3.05, 3.63) is 63.6 Å². The lowest BCUT2D eigenvalue weighted by Crippen LogP contribution is -2.54. The van der Waals surface area contributed by atoms with Crippen molar-refractivity contribution >= 4 is 40.6 Å². The van der Waals surface area contributed by atoms with Crippen molar-refractivity contribution in [3.8, 4) is 17.2 Å². The lowest BCUT2D eigenvalue weighted by Gasteiger charge is -2.32. The van der Waals surface area contributed by atoms with Crippen LogP contribution in [-0.2, 0) is 6.61 Å². The van der Waals surface area contributed by atoms with Crippen molar-refractivity contribution in [1.82, 2.24) is 15.6 Å². The quantitative estimate of drug-likeness (QED) is 0.339. The monoisotopic (exact) mass is 544 g/mol. The number of amides is 3. The second kappa shape index (κ2) is 12.6. The number of anilines is 1. The molecule has 3 amide bonds. The van der Waals surface area contributed by atoms with Gasteiger partial charge in [0.15, 0.2) is 0 Å². The number of methoxy groups -OCH3 is 2. The zero-order chi connectivity index (χ0) is 26.2. The second-order valence-electron chi connectivity index (χ2n) is 8.54. The number of thiazole rings is 1. The topological polar surface area (TPSA) is 111 Å². The number of carbonyl (C=O) groups is 2. The first kappa shape index (κ1) is 26.6. The van der Waals surface area contributed by atoms with Gasteiger partial charge in [0.25, 0.3) is 5.91 Å². The Bertz CT molecular complexity index is 1200. The van der Waals surface area contributed by atoms with E-state index < -0.39 is 0 Å². The lowest BCUT2D eigenvalue weighted by atomic mass is 9.90. The van der Waals surface area contributed by atoms with Crippen molar-refractivity contribution in [1.29, 1.82) is 0 Å². The SMILES string of the molecule is COc1cc(NC(=O)NC2CCCCC2NC(=O)c2csc(COc3ccc(Cl)cc3)n2)cc(OC)c1. The van der Waals surface area contributed by atoms with E-state index >= 15 is 0 Å². The molecule has 1 aliphatic rings. The predicted molar refractivity (Wildman–Crippen MR) is 143 cm³/mol. The van der Waals surface area contributed by atoms with Crippen LogP contribution in [0.3, 0.4) is 0 Å². The number of nitrogens with one attached hydrogen (secondary N) is 3. The summed E-state index contributed by atoms with van der Waals surface area (Å²) in [5, 5.41) is 11.9. The average molecular weight is 545 g/mol. The molecule has 11 heteroatoms. The van der Waals surface area contributed by atoms with E-state index in [4.69, 9.17) is 25.8 Å². The van der Waals surface area contributed by atoms with Gasteiger partial charge in [0, 0.05) is 40.3 Å². The van der Waals surface area contributed by atoms with E-state index in [1.807, 2.05) is 0 Å². The molecular weight excluding hydrogens is 516 g/mol. The molecule has 3 N–H and O–H groups in total. The van der Waals surface area contributed by atoms with Gasteiger partial charge in [0.05, 0.1) is 20.3 Å². The van der Waals surface area contributed by atoms with Gasteiger partial charge >= 0.3 is 6.03 Å². The average Bonchev–Trinajstić information content (AvgIpc) is 3.38. The number of hydrogen-bond acceptors (Lipinski definition) is 7. The molecule has 1 saturated carbocycles. The highest BCUT2D eigenvalue weighted by Crippen LogP contribution is 2.26. The number of hydrogen-bond donors (Lipinski definition) is 3. The highest BCUT2D eigenvalue weighted by molar-refractivity contribution is 7.09. The Balaban J connectivity index is 1.32. The van der Waals surface area contributed by atoms with Crippen LogP contribution in [0.1, 0.15) is 41.2 Å². The standard InChI is InChI=1S/C26H29ClN4O5S/c1-34-19-11-17(12-20(13-19)35-2)28-26(33)31-22-6-4-3-5-21(22)30-25(32)23-15-37-24(29-23)14-36-18-9-7-16(27)8-10-18/h7-13,15,21-22H,3-6,14H2,1-2H3,(H,30,32)(H2,28,31,33). The maximum Gasteiger partial charge on any atom is 0.319 e. The van der Waals surface area contributed by atoms with E-state index in [1.165, 1.54) is 11.3 Å². The molecule has 0 saturated heterocycles. The summed E-state index contributed by atoms with van der Waals surface area (Å²) in [6, 6.07) is 11.4. The second-order valence-corrected chi connectivity index (χ2v) is 9.92. The summed E-state index contributed by atoms with van der Waals surface area (Å²) < 4.78 is 16.2. The predicted octanol–water partition coefficient (Wildman–Crippen LogP) is 5.26. The van der Waals surface area contributed by atoms with E-state index in [0.29, 0.717) is 38.7 Å². The Hall–Kier alpha value is -3.50. The van der Waals surface area contributed by atoms with Crippen molar-refractivity contribution in [3.63, 3.8) is 0 Å². The third-order valence-corrected chi connectivity index (χ3v) is 7.04. The number of aromatic nitrogens is 1. The van der Waals surface area contributed by atoms with Crippen LogP contribution in [0.25, 0.3) is 0 Å². The number of benzene rings is 2. The van der Waals surface area contributed by atoms with Gasteiger partial charge < -0.3 is 30.2 Å². The van der Waals surface area contributed by atoms with E-state index in [1.54, 1.807) is 62.1 Å². The summed E-state index contributed by atoms with van der Waals surface area (Å²) in [7, 11) is 3.10. The van der Waals surface area contributed by atoms with Crippen LogP contribution in [0.2, 0.25) is 5.02 Å². The molecule has 2 aromatic carbocycles. The zero-order valence-corrected chi connectivity index (χ0v) is 22.2. The fourth-order valence-corrected chi connectivity index (χ4v) is 4.90. The Morgan fingerprint density at radius 2 is 1.62 bits per heavy atom. The molecule has 2 atom stereocenters. The minimum Gasteiger partial charge on any atom is -0.497 e. The number of rotatable bonds is 9. The summed E-state index contributed by atoms with van der Waals surface area (Å²) >= 11 is 7.26. The van der Waals surface area contributed by atoms with Gasteiger partial charge in [-0.2, -0.15) is 0 Å². The molecule has 0 radical (unpaired) electrons. The molecule has 196 valence electrons. The molecule has 0 bridgehead atoms. The molecule has 1 heterocycles. The highest BCUT2D eigenvalue weighted by atomic mass is 35.5. The Morgan fingerprint density at radius 1 is 0.973 bits per heavy atom. The number of carbonyl (C=O) groups excluding carboxylic acids is 2. The first-order chi connectivity index (χ1) is 17.9. The Labute approximate surface area is 224 Å². The van der Waals surface area contributed by atoms with Crippen LogP contribution in [0, 0.1) is 0 Å². The number of nitrogens with zero attached hydrogens (tertiary/aromatic N) is 1. The minimum absolute atomic E-state index is 0.206. The molecule has 3 aromatic rings. The zero-order valence-electron chi connectivity index (χ0n) is 20.6. The molecule has 2 unspecified atom stereocenters. The van der Waals surface area contributed by atoms with Crippen LogP contribution >= 0.6 is 22.9 Å². The molecule has 37 heavy (non-hydrogen) atoms. The minimum atomic E-state index is -0.364. The van der Waals surface area contributed by atoms with Crippen LogP contribution in [0.4, 0.5) is 10.5 Å². The van der Waals surface area contributed by atoms with E-state index in [9.17, 15) is 9.59 Å². The first-order valence-electron chi connectivity index (χ1n) is 11.9. The molecule has 0 aliphatic heterocycles. The van der Waals surface area contributed by atoms with Gasteiger partial charge in [0.1, 0.15) is 34.6 Å². The molecule has 0 spiro atoms. The fraction of sp³-hybridized carbons (Fsp3) is 0.346. The maximum absolute atomic E-state index is 12.9. The van der Waals surface area contributed by atoms with E-state index in [0.717, 1.165) is 25.7 Å². The molecule has 9 nitrogen and oxygen atoms in total. The third-order valence-electron chi connectivity index (χ3n) is 5.97. The van der Waals surface area contributed by atoms with Crippen molar-refractivity contribution in [2.75, 3.05) is 19.5 Å². The maximum atomic E-state index is 12.9. The van der Waals surface area contributed by atoms with Gasteiger partial charge in [-0.05, 0) is 37.1 Å². The summed E-state index contributed by atoms with van der Waals surface area (Å²) in [6.45, 7) is 0.252. The van der Waals surface area contributed by atoms with E-state index in [-0.39, 0.29) is 30.6 Å². The molecule has 1 aromatic heterocycles. The van der Waals surface area contributed by atoms with E-state index in [2.05, 4.69) is 20.9 Å². The van der Waals surface area contributed by atoms with Gasteiger partial charge in [0.2, 0.25) is 0 Å². The normalized spacial score (nSPS) is 16.9. The van der Waals surface area contributed by atoms with Crippen LogP contribution in [-0.4, -0.2) is 43.2 Å². The number of halogens is 1. The van der Waals surface area contributed by atoms with Gasteiger partial charge in [-0.3, -0.25) is 4.79 Å². The Morgan fingerprint density at radius 3 is 2.27 bits per heavy atom.